The van der Waals surface area contributed by atoms with Gasteiger partial charge in [0.05, 0.1) is 32.5 Å². The van der Waals surface area contributed by atoms with Gasteiger partial charge in [0.25, 0.3) is 0 Å². The first-order valence-electron chi connectivity index (χ1n) is 13.6. The Kier molecular flexibility index (Phi) is 13.7. The first-order chi connectivity index (χ1) is 18.1. The lowest BCUT2D eigenvalue weighted by atomic mass is 10.0. The predicted octanol–water partition coefficient (Wildman–Crippen LogP) is 7.31. The van der Waals surface area contributed by atoms with E-state index in [9.17, 15) is 4.79 Å². The summed E-state index contributed by atoms with van der Waals surface area (Å²) in [5.41, 5.74) is 2.17. The van der Waals surface area contributed by atoms with Gasteiger partial charge in [-0.05, 0) is 61.2 Å². The van der Waals surface area contributed by atoms with Crippen molar-refractivity contribution in [3.8, 4) is 5.75 Å². The van der Waals surface area contributed by atoms with Gasteiger partial charge < -0.3 is 28.2 Å². The molecule has 0 saturated carbocycles. The van der Waals surface area contributed by atoms with Crippen LogP contribution < -0.4 is 4.74 Å². The van der Waals surface area contributed by atoms with Gasteiger partial charge in [-0.3, -0.25) is 0 Å². The van der Waals surface area contributed by atoms with Crippen molar-refractivity contribution in [1.82, 2.24) is 0 Å². The maximum Gasteiger partial charge on any atom is 0.192 e. The van der Waals surface area contributed by atoms with Gasteiger partial charge in [-0.15, -0.1) is 0 Å². The first-order valence-corrected chi connectivity index (χ1v) is 16.6. The van der Waals surface area contributed by atoms with Crippen LogP contribution in [0.15, 0.2) is 54.6 Å². The van der Waals surface area contributed by atoms with Crippen LogP contribution in [0.25, 0.3) is 0 Å². The van der Waals surface area contributed by atoms with E-state index < -0.39 is 8.32 Å². The second-order valence-corrected chi connectivity index (χ2v) is 16.1. The van der Waals surface area contributed by atoms with Crippen molar-refractivity contribution in [2.45, 2.75) is 103 Å². The number of carbonyl (C=O) groups is 1. The molecule has 0 aliphatic carbocycles. The maximum absolute atomic E-state index is 11.0. The van der Waals surface area contributed by atoms with Crippen LogP contribution in [0, 0.1) is 0 Å². The number of benzene rings is 2. The molecular formula is C31H48O6Si. The van der Waals surface area contributed by atoms with Crippen molar-refractivity contribution >= 4 is 14.6 Å². The summed E-state index contributed by atoms with van der Waals surface area (Å²) >= 11 is 0. The van der Waals surface area contributed by atoms with Crippen LogP contribution in [0.5, 0.6) is 5.75 Å². The minimum Gasteiger partial charge on any atom is -0.497 e. The lowest BCUT2D eigenvalue weighted by Crippen LogP contribution is -2.45. The van der Waals surface area contributed by atoms with E-state index in [1.807, 2.05) is 61.5 Å². The quantitative estimate of drug-likeness (QED) is 0.0849. The molecule has 0 heterocycles. The molecule has 0 aromatic heterocycles. The third-order valence-corrected chi connectivity index (χ3v) is 11.8. The second-order valence-electron chi connectivity index (χ2n) is 11.4. The van der Waals surface area contributed by atoms with Crippen molar-refractivity contribution in [1.29, 1.82) is 0 Å². The van der Waals surface area contributed by atoms with Crippen LogP contribution in [0.3, 0.4) is 0 Å². The van der Waals surface area contributed by atoms with Gasteiger partial charge in [0.1, 0.15) is 18.8 Å². The molecule has 7 heteroatoms. The molecule has 0 aliphatic heterocycles. The van der Waals surface area contributed by atoms with Crippen molar-refractivity contribution in [2.24, 2.45) is 0 Å². The van der Waals surface area contributed by atoms with Crippen molar-refractivity contribution in [3.05, 3.63) is 65.7 Å². The molecule has 0 bridgehead atoms. The highest BCUT2D eigenvalue weighted by Gasteiger charge is 2.40. The van der Waals surface area contributed by atoms with E-state index in [4.69, 9.17) is 23.4 Å². The smallest absolute Gasteiger partial charge is 0.192 e. The summed E-state index contributed by atoms with van der Waals surface area (Å²) < 4.78 is 30.5. The standard InChI is InChI=1S/C31H48O6Si/c1-25(36-24-34-22-26-13-9-8-10-14-26)30(35-23-27-16-18-28(33-5)19-17-27)21-29(15-11-12-20-32)37-38(6,7)31(2,3)4/h8-10,13-14,16-20,25,29-30H,11-12,15,21-24H2,1-7H3/t25-,29+,30-/m1/s1. The first kappa shape index (κ1) is 32.2. The minimum absolute atomic E-state index is 0.0204. The number of hydrogen-bond donors (Lipinski definition) is 0. The molecule has 2 aromatic rings. The normalized spacial score (nSPS) is 14.6. The number of aldehydes is 1. The molecule has 0 N–H and O–H groups in total. The summed E-state index contributed by atoms with van der Waals surface area (Å²) in [6.07, 6.45) is 3.37. The predicted molar refractivity (Wildman–Crippen MR) is 155 cm³/mol. The Morgan fingerprint density at radius 2 is 1.58 bits per heavy atom. The van der Waals surface area contributed by atoms with Gasteiger partial charge in [0.15, 0.2) is 8.32 Å². The van der Waals surface area contributed by atoms with Crippen LogP contribution in [0.4, 0.5) is 0 Å². The fourth-order valence-corrected chi connectivity index (χ4v) is 5.22. The van der Waals surface area contributed by atoms with Gasteiger partial charge in [0.2, 0.25) is 0 Å². The highest BCUT2D eigenvalue weighted by molar-refractivity contribution is 6.74. The van der Waals surface area contributed by atoms with Gasteiger partial charge in [-0.1, -0.05) is 63.2 Å². The van der Waals surface area contributed by atoms with E-state index >= 15 is 0 Å². The lowest BCUT2D eigenvalue weighted by Gasteiger charge is -2.40. The lowest BCUT2D eigenvalue weighted by molar-refractivity contribution is -0.145. The Bertz CT molecular complexity index is 910. The van der Waals surface area contributed by atoms with Gasteiger partial charge in [-0.2, -0.15) is 0 Å². The van der Waals surface area contributed by atoms with Crippen LogP contribution >= 0.6 is 0 Å². The molecule has 0 unspecified atom stereocenters. The SMILES string of the molecule is COc1ccc(CO[C@H](C[C@H](CCCC=O)O[Si](C)(C)C(C)(C)C)[C@@H](C)OCOCc2ccccc2)cc1. The zero-order valence-corrected chi connectivity index (χ0v) is 25.4. The second kappa shape index (κ2) is 16.2. The van der Waals surface area contributed by atoms with Crippen molar-refractivity contribution in [3.63, 3.8) is 0 Å². The number of ether oxygens (including phenoxy) is 4. The summed E-state index contributed by atoms with van der Waals surface area (Å²) in [5, 5.41) is 0.0861. The highest BCUT2D eigenvalue weighted by atomic mass is 28.4. The summed E-state index contributed by atoms with van der Waals surface area (Å²) in [4.78, 5) is 11.0. The molecule has 212 valence electrons. The van der Waals surface area contributed by atoms with Gasteiger partial charge in [-0.25, -0.2) is 0 Å². The molecule has 0 saturated heterocycles. The van der Waals surface area contributed by atoms with Crippen LogP contribution in [-0.2, 0) is 36.6 Å². The van der Waals surface area contributed by atoms with Crippen LogP contribution in [0.2, 0.25) is 18.1 Å². The number of methoxy groups -OCH3 is 1. The van der Waals surface area contributed by atoms with Crippen molar-refractivity contribution in [2.75, 3.05) is 13.9 Å². The third kappa shape index (κ3) is 11.4. The average Bonchev–Trinajstić information content (AvgIpc) is 2.89. The van der Waals surface area contributed by atoms with Crippen LogP contribution in [-0.4, -0.2) is 46.8 Å². The van der Waals surface area contributed by atoms with E-state index in [1.54, 1.807) is 7.11 Å². The Morgan fingerprint density at radius 3 is 2.18 bits per heavy atom. The fourth-order valence-electron chi connectivity index (χ4n) is 3.82. The summed E-state index contributed by atoms with van der Waals surface area (Å²) in [7, 11) is -0.359. The maximum atomic E-state index is 11.0. The van der Waals surface area contributed by atoms with E-state index in [1.165, 1.54) is 0 Å². The zero-order valence-electron chi connectivity index (χ0n) is 24.4. The fraction of sp³-hybridized carbons (Fsp3) is 0.581. The highest BCUT2D eigenvalue weighted by Crippen LogP contribution is 2.38. The number of carbonyl (C=O) groups excluding carboxylic acids is 1. The average molecular weight is 545 g/mol. The monoisotopic (exact) mass is 544 g/mol. The van der Waals surface area contributed by atoms with E-state index in [-0.39, 0.29) is 30.1 Å². The minimum atomic E-state index is -2.02. The summed E-state index contributed by atoms with van der Waals surface area (Å²) in [6, 6.07) is 18.0. The topological polar surface area (TPSA) is 63.2 Å². The molecule has 0 aliphatic rings. The van der Waals surface area contributed by atoms with E-state index in [0.717, 1.165) is 36.0 Å². The molecule has 0 spiro atoms. The Labute approximate surface area is 231 Å². The Hall–Kier alpha value is -2.03. The molecule has 2 rings (SSSR count). The number of rotatable bonds is 18. The van der Waals surface area contributed by atoms with Gasteiger partial charge >= 0.3 is 0 Å². The van der Waals surface area contributed by atoms with Crippen LogP contribution in [0.1, 0.15) is 64.5 Å². The number of hydrogen-bond acceptors (Lipinski definition) is 6. The molecule has 38 heavy (non-hydrogen) atoms. The summed E-state index contributed by atoms with van der Waals surface area (Å²) in [5.74, 6) is 0.815. The summed E-state index contributed by atoms with van der Waals surface area (Å²) in [6.45, 7) is 14.4. The third-order valence-electron chi connectivity index (χ3n) is 7.28. The number of unbranched alkanes of at least 4 members (excludes halogenated alkanes) is 1. The molecule has 0 radical (unpaired) electrons. The van der Waals surface area contributed by atoms with E-state index in [0.29, 0.717) is 26.1 Å². The van der Waals surface area contributed by atoms with E-state index in [2.05, 4.69) is 33.9 Å². The molecule has 3 atom stereocenters. The van der Waals surface area contributed by atoms with Gasteiger partial charge in [0, 0.05) is 18.9 Å². The Balaban J connectivity index is 2.09. The zero-order chi connectivity index (χ0) is 28.0. The largest absolute Gasteiger partial charge is 0.497 e. The molecule has 0 amide bonds. The van der Waals surface area contributed by atoms with Crippen molar-refractivity contribution < 1.29 is 28.2 Å². The molecule has 6 nitrogen and oxygen atoms in total. The molecule has 2 aromatic carbocycles. The molecule has 0 fully saturated rings. The Morgan fingerprint density at radius 1 is 0.921 bits per heavy atom. The molecular weight excluding hydrogens is 496 g/mol.